The third-order valence-corrected chi connectivity index (χ3v) is 3.75. The van der Waals surface area contributed by atoms with Crippen LogP contribution in [-0.4, -0.2) is 30.6 Å². The molecule has 1 aromatic rings. The highest BCUT2D eigenvalue weighted by molar-refractivity contribution is 5.87. The Morgan fingerprint density at radius 2 is 2.21 bits per heavy atom. The van der Waals surface area contributed by atoms with Crippen LogP contribution >= 0.6 is 0 Å². The summed E-state index contributed by atoms with van der Waals surface area (Å²) in [5, 5.41) is 0. The van der Waals surface area contributed by atoms with Crippen molar-refractivity contribution in [1.29, 1.82) is 0 Å². The number of methoxy groups -OCH3 is 1. The normalized spacial score (nSPS) is 19.0. The topological polar surface area (TPSA) is 42.4 Å². The number of carbonyl (C=O) groups is 1. The van der Waals surface area contributed by atoms with Crippen molar-refractivity contribution in [3.05, 3.63) is 23.4 Å². The summed E-state index contributed by atoms with van der Waals surface area (Å²) in [6.07, 6.45) is 2.37. The highest BCUT2D eigenvalue weighted by Gasteiger charge is 2.25. The predicted octanol–water partition coefficient (Wildman–Crippen LogP) is 2.98. The van der Waals surface area contributed by atoms with Gasteiger partial charge in [0, 0.05) is 12.6 Å². The fourth-order valence-corrected chi connectivity index (χ4v) is 2.61. The number of pyridine rings is 1. The number of ether oxygens (including phenoxy) is 1. The van der Waals surface area contributed by atoms with Gasteiger partial charge in [0.05, 0.1) is 7.11 Å². The summed E-state index contributed by atoms with van der Waals surface area (Å²) in [4.78, 5) is 18.5. The predicted molar refractivity (Wildman–Crippen MR) is 75.7 cm³/mol. The standard InChI is InChI=1S/C15H22N2O2/c1-10(2)12-7-8-13(15(18)19-4)16-14(12)17-9-5-6-11(17)3/h7-8,10-11H,5-6,9H2,1-4H3/t11-/m0/s1. The molecule has 19 heavy (non-hydrogen) atoms. The maximum Gasteiger partial charge on any atom is 0.356 e. The monoisotopic (exact) mass is 262 g/mol. The van der Waals surface area contributed by atoms with E-state index < -0.39 is 0 Å². The molecule has 0 aromatic carbocycles. The number of hydrogen-bond donors (Lipinski definition) is 0. The lowest BCUT2D eigenvalue weighted by molar-refractivity contribution is 0.0594. The SMILES string of the molecule is COC(=O)c1ccc(C(C)C)c(N2CCC[C@@H]2C)n1. The molecule has 4 nitrogen and oxygen atoms in total. The Morgan fingerprint density at radius 3 is 2.74 bits per heavy atom. The Kier molecular flexibility index (Phi) is 4.08. The number of anilines is 1. The molecule has 0 bridgehead atoms. The molecule has 1 fully saturated rings. The van der Waals surface area contributed by atoms with Crippen molar-refractivity contribution in [2.45, 2.75) is 45.6 Å². The van der Waals surface area contributed by atoms with Crippen molar-refractivity contribution < 1.29 is 9.53 Å². The van der Waals surface area contributed by atoms with Crippen LogP contribution < -0.4 is 4.90 Å². The average molecular weight is 262 g/mol. The summed E-state index contributed by atoms with van der Waals surface area (Å²) < 4.78 is 4.76. The van der Waals surface area contributed by atoms with Gasteiger partial charge in [-0.05, 0) is 37.3 Å². The molecule has 1 saturated heterocycles. The second-order valence-corrected chi connectivity index (χ2v) is 5.44. The number of carbonyl (C=O) groups excluding carboxylic acids is 1. The lowest BCUT2D eigenvalue weighted by Crippen LogP contribution is -2.29. The quantitative estimate of drug-likeness (QED) is 0.785. The van der Waals surface area contributed by atoms with Crippen LogP contribution in [0.3, 0.4) is 0 Å². The van der Waals surface area contributed by atoms with Gasteiger partial charge in [0.25, 0.3) is 0 Å². The molecule has 0 amide bonds. The van der Waals surface area contributed by atoms with E-state index in [1.54, 1.807) is 6.07 Å². The van der Waals surface area contributed by atoms with Crippen LogP contribution in [0.1, 0.15) is 55.6 Å². The summed E-state index contributed by atoms with van der Waals surface area (Å²) in [6.45, 7) is 7.53. The van der Waals surface area contributed by atoms with Crippen LogP contribution in [0.2, 0.25) is 0 Å². The van der Waals surface area contributed by atoms with E-state index in [1.165, 1.54) is 25.5 Å². The average Bonchev–Trinajstić information content (AvgIpc) is 2.83. The van der Waals surface area contributed by atoms with Crippen molar-refractivity contribution in [1.82, 2.24) is 4.98 Å². The van der Waals surface area contributed by atoms with E-state index in [9.17, 15) is 4.79 Å². The molecule has 1 atom stereocenters. The maximum atomic E-state index is 11.6. The summed E-state index contributed by atoms with van der Waals surface area (Å²) in [5.74, 6) is 0.966. The lowest BCUT2D eigenvalue weighted by Gasteiger charge is -2.26. The van der Waals surface area contributed by atoms with Crippen molar-refractivity contribution in [3.63, 3.8) is 0 Å². The molecule has 1 aromatic heterocycles. The minimum Gasteiger partial charge on any atom is -0.464 e. The molecule has 2 heterocycles. The van der Waals surface area contributed by atoms with E-state index in [4.69, 9.17) is 4.74 Å². The van der Waals surface area contributed by atoms with E-state index in [0.29, 0.717) is 17.7 Å². The second-order valence-electron chi connectivity index (χ2n) is 5.44. The van der Waals surface area contributed by atoms with Crippen molar-refractivity contribution in [2.24, 2.45) is 0 Å². The van der Waals surface area contributed by atoms with Gasteiger partial charge in [-0.15, -0.1) is 0 Å². The fourth-order valence-electron chi connectivity index (χ4n) is 2.61. The van der Waals surface area contributed by atoms with Gasteiger partial charge in [0.15, 0.2) is 5.69 Å². The first kappa shape index (κ1) is 13.8. The van der Waals surface area contributed by atoms with Gasteiger partial charge in [0.2, 0.25) is 0 Å². The van der Waals surface area contributed by atoms with Gasteiger partial charge >= 0.3 is 5.97 Å². The second kappa shape index (κ2) is 5.59. The van der Waals surface area contributed by atoms with Gasteiger partial charge in [-0.25, -0.2) is 9.78 Å². The zero-order valence-corrected chi connectivity index (χ0v) is 12.1. The number of aromatic nitrogens is 1. The highest BCUT2D eigenvalue weighted by atomic mass is 16.5. The van der Waals surface area contributed by atoms with Gasteiger partial charge in [-0.1, -0.05) is 19.9 Å². The Hall–Kier alpha value is -1.58. The molecule has 4 heteroatoms. The molecule has 0 N–H and O–H groups in total. The zero-order chi connectivity index (χ0) is 14.0. The van der Waals surface area contributed by atoms with E-state index in [-0.39, 0.29) is 5.97 Å². The van der Waals surface area contributed by atoms with E-state index in [0.717, 1.165) is 12.4 Å². The minimum absolute atomic E-state index is 0.372. The molecule has 104 valence electrons. The van der Waals surface area contributed by atoms with Crippen LogP contribution in [0.5, 0.6) is 0 Å². The Bertz CT molecular complexity index is 471. The van der Waals surface area contributed by atoms with Crippen LogP contribution in [-0.2, 0) is 4.74 Å². The molecule has 0 aliphatic carbocycles. The summed E-state index contributed by atoms with van der Waals surface area (Å²) in [7, 11) is 1.39. The smallest absolute Gasteiger partial charge is 0.356 e. The highest BCUT2D eigenvalue weighted by Crippen LogP contribution is 2.31. The number of rotatable bonds is 3. The number of esters is 1. The van der Waals surface area contributed by atoms with E-state index in [2.05, 4.69) is 30.7 Å². The molecular formula is C15H22N2O2. The maximum absolute atomic E-state index is 11.6. The summed E-state index contributed by atoms with van der Waals surface area (Å²) >= 11 is 0. The Morgan fingerprint density at radius 1 is 1.47 bits per heavy atom. The molecule has 0 radical (unpaired) electrons. The summed E-state index contributed by atoms with van der Waals surface area (Å²) in [5.41, 5.74) is 1.59. The van der Waals surface area contributed by atoms with Crippen molar-refractivity contribution in [2.75, 3.05) is 18.6 Å². The zero-order valence-electron chi connectivity index (χ0n) is 12.1. The summed E-state index contributed by atoms with van der Waals surface area (Å²) in [6, 6.07) is 4.24. The Balaban J connectivity index is 2.44. The first-order valence-electron chi connectivity index (χ1n) is 6.90. The first-order valence-corrected chi connectivity index (χ1v) is 6.90. The number of hydrogen-bond acceptors (Lipinski definition) is 4. The lowest BCUT2D eigenvalue weighted by atomic mass is 10.0. The van der Waals surface area contributed by atoms with Crippen LogP contribution in [0.25, 0.3) is 0 Å². The van der Waals surface area contributed by atoms with Gasteiger partial charge in [-0.2, -0.15) is 0 Å². The number of nitrogens with zero attached hydrogens (tertiary/aromatic N) is 2. The van der Waals surface area contributed by atoms with Crippen LogP contribution in [0, 0.1) is 0 Å². The molecule has 2 rings (SSSR count). The first-order chi connectivity index (χ1) is 9.04. The van der Waals surface area contributed by atoms with E-state index >= 15 is 0 Å². The van der Waals surface area contributed by atoms with Crippen molar-refractivity contribution in [3.8, 4) is 0 Å². The van der Waals surface area contributed by atoms with E-state index in [1.807, 2.05) is 6.07 Å². The third-order valence-electron chi connectivity index (χ3n) is 3.75. The molecule has 0 unspecified atom stereocenters. The molecule has 1 aliphatic heterocycles. The molecular weight excluding hydrogens is 240 g/mol. The van der Waals surface area contributed by atoms with Crippen LogP contribution in [0.4, 0.5) is 5.82 Å². The van der Waals surface area contributed by atoms with Crippen molar-refractivity contribution >= 4 is 11.8 Å². The van der Waals surface area contributed by atoms with Gasteiger partial charge in [-0.3, -0.25) is 0 Å². The molecule has 0 saturated carbocycles. The van der Waals surface area contributed by atoms with Crippen LogP contribution in [0.15, 0.2) is 12.1 Å². The fraction of sp³-hybridized carbons (Fsp3) is 0.600. The Labute approximate surface area is 114 Å². The molecule has 1 aliphatic rings. The molecule has 0 spiro atoms. The largest absolute Gasteiger partial charge is 0.464 e. The van der Waals surface area contributed by atoms with Gasteiger partial charge in [0.1, 0.15) is 5.82 Å². The van der Waals surface area contributed by atoms with Gasteiger partial charge < -0.3 is 9.64 Å². The third kappa shape index (κ3) is 2.72. The minimum atomic E-state index is -0.372.